The van der Waals surface area contributed by atoms with Crippen molar-refractivity contribution in [3.63, 3.8) is 0 Å². The normalized spacial score (nSPS) is 20.7. The van der Waals surface area contributed by atoms with Crippen LogP contribution in [0.5, 0.6) is 5.75 Å². The first-order chi connectivity index (χ1) is 12.6. The molecule has 2 aromatic rings. The Labute approximate surface area is 151 Å². The molecule has 3 rings (SSSR count). The molecule has 0 aliphatic heterocycles. The first kappa shape index (κ1) is 18.1. The van der Waals surface area contributed by atoms with Crippen LogP contribution in [0.4, 0.5) is 0 Å². The molecule has 1 aromatic heterocycles. The second kappa shape index (κ2) is 8.09. The Bertz CT molecular complexity index is 794. The summed E-state index contributed by atoms with van der Waals surface area (Å²) in [6.45, 7) is 1.74. The fourth-order valence-electron chi connectivity index (χ4n) is 3.05. The van der Waals surface area contributed by atoms with E-state index in [4.69, 9.17) is 4.74 Å². The fraction of sp³-hybridized carbons (Fsp3) is 0.444. The number of hydrogen-bond acceptors (Lipinski definition) is 6. The van der Waals surface area contributed by atoms with Crippen LogP contribution in [0.25, 0.3) is 11.8 Å². The number of aliphatic hydroxyl groups is 1. The zero-order valence-electron chi connectivity index (χ0n) is 14.9. The molecular formula is C18H23N5O3. The average Bonchev–Trinajstić information content (AvgIpc) is 3.07. The summed E-state index contributed by atoms with van der Waals surface area (Å²) in [4.78, 5) is 12.9. The van der Waals surface area contributed by atoms with E-state index < -0.39 is 0 Å². The number of aryl methyl sites for hydroxylation is 1. The molecule has 1 saturated carbocycles. The van der Waals surface area contributed by atoms with E-state index in [1.165, 1.54) is 4.68 Å². The molecule has 1 aliphatic rings. The van der Waals surface area contributed by atoms with Crippen molar-refractivity contribution in [1.29, 1.82) is 0 Å². The highest BCUT2D eigenvalue weighted by atomic mass is 16.5. The SMILES string of the molecule is COc1cccc(/C=C(/C(=O)NC2CCC(O)CC2)n2nnnc2C)c1. The number of carbonyl (C=O) groups is 1. The zero-order chi connectivity index (χ0) is 18.5. The van der Waals surface area contributed by atoms with Crippen LogP contribution < -0.4 is 10.1 Å². The minimum atomic E-state index is -0.267. The molecule has 0 spiro atoms. The molecule has 26 heavy (non-hydrogen) atoms. The topological polar surface area (TPSA) is 102 Å². The lowest BCUT2D eigenvalue weighted by atomic mass is 9.93. The van der Waals surface area contributed by atoms with E-state index >= 15 is 0 Å². The summed E-state index contributed by atoms with van der Waals surface area (Å²) in [5.74, 6) is 0.978. The van der Waals surface area contributed by atoms with Crippen molar-refractivity contribution in [2.45, 2.75) is 44.8 Å². The highest BCUT2D eigenvalue weighted by molar-refractivity contribution is 6.18. The molecule has 0 saturated heterocycles. The summed E-state index contributed by atoms with van der Waals surface area (Å²) in [7, 11) is 1.60. The van der Waals surface area contributed by atoms with Gasteiger partial charge in [0.25, 0.3) is 5.91 Å². The number of rotatable bonds is 5. The molecule has 2 N–H and O–H groups in total. The number of benzene rings is 1. The van der Waals surface area contributed by atoms with Crippen molar-refractivity contribution >= 4 is 17.7 Å². The summed E-state index contributed by atoms with van der Waals surface area (Å²) in [5.41, 5.74) is 1.15. The summed E-state index contributed by atoms with van der Waals surface area (Å²) in [6, 6.07) is 7.45. The van der Waals surface area contributed by atoms with Gasteiger partial charge in [0.1, 0.15) is 11.4 Å². The first-order valence-corrected chi connectivity index (χ1v) is 8.67. The molecule has 0 radical (unpaired) electrons. The van der Waals surface area contributed by atoms with Gasteiger partial charge in [-0.3, -0.25) is 4.79 Å². The van der Waals surface area contributed by atoms with Crippen LogP contribution in [-0.2, 0) is 4.79 Å². The number of nitrogens with zero attached hydrogens (tertiary/aromatic N) is 4. The van der Waals surface area contributed by atoms with Gasteiger partial charge in [0, 0.05) is 6.04 Å². The van der Waals surface area contributed by atoms with Crippen LogP contribution in [0.1, 0.15) is 37.1 Å². The standard InChI is InChI=1S/C18H23N5O3/c1-12-20-21-22-23(12)17(11-13-4-3-5-16(10-13)26-2)18(25)19-14-6-8-15(24)9-7-14/h3-5,10-11,14-15,24H,6-9H2,1-2H3,(H,19,25)/b17-11-. The minimum Gasteiger partial charge on any atom is -0.497 e. The van der Waals surface area contributed by atoms with Crippen molar-refractivity contribution in [2.75, 3.05) is 7.11 Å². The molecule has 8 heteroatoms. The van der Waals surface area contributed by atoms with Gasteiger partial charge in [-0.05, 0) is 66.8 Å². The number of methoxy groups -OCH3 is 1. The van der Waals surface area contributed by atoms with Crippen LogP contribution in [-0.4, -0.2) is 50.5 Å². The maximum absolute atomic E-state index is 12.9. The van der Waals surface area contributed by atoms with E-state index in [9.17, 15) is 9.90 Å². The Hall–Kier alpha value is -2.74. The van der Waals surface area contributed by atoms with Crippen molar-refractivity contribution in [3.8, 4) is 5.75 Å². The van der Waals surface area contributed by atoms with Gasteiger partial charge in [-0.15, -0.1) is 5.10 Å². The lowest BCUT2D eigenvalue weighted by Gasteiger charge is -2.26. The molecule has 1 heterocycles. The van der Waals surface area contributed by atoms with Gasteiger partial charge >= 0.3 is 0 Å². The van der Waals surface area contributed by atoms with Gasteiger partial charge in [0.2, 0.25) is 0 Å². The Kier molecular flexibility index (Phi) is 5.62. The molecule has 1 fully saturated rings. The second-order valence-electron chi connectivity index (χ2n) is 6.42. The molecule has 138 valence electrons. The third-order valence-electron chi connectivity index (χ3n) is 4.52. The summed E-state index contributed by atoms with van der Waals surface area (Å²) >= 11 is 0. The molecule has 1 aliphatic carbocycles. The Morgan fingerprint density at radius 2 is 2.12 bits per heavy atom. The third-order valence-corrected chi connectivity index (χ3v) is 4.52. The number of ether oxygens (including phenoxy) is 1. The Balaban J connectivity index is 1.87. The number of aromatic nitrogens is 4. The van der Waals surface area contributed by atoms with Crippen molar-refractivity contribution in [2.24, 2.45) is 0 Å². The molecule has 1 amide bonds. The third kappa shape index (κ3) is 4.26. The van der Waals surface area contributed by atoms with Gasteiger partial charge in [-0.2, -0.15) is 4.68 Å². The number of nitrogens with one attached hydrogen (secondary N) is 1. The van der Waals surface area contributed by atoms with Gasteiger partial charge in [0.15, 0.2) is 5.82 Å². The van der Waals surface area contributed by atoms with Crippen LogP contribution in [0, 0.1) is 6.92 Å². The van der Waals surface area contributed by atoms with E-state index in [2.05, 4.69) is 20.8 Å². The van der Waals surface area contributed by atoms with E-state index in [1.807, 2.05) is 24.3 Å². The van der Waals surface area contributed by atoms with E-state index in [-0.39, 0.29) is 18.1 Å². The summed E-state index contributed by atoms with van der Waals surface area (Å²) < 4.78 is 6.67. The second-order valence-corrected chi connectivity index (χ2v) is 6.42. The largest absolute Gasteiger partial charge is 0.497 e. The summed E-state index contributed by atoms with van der Waals surface area (Å²) in [6.07, 6.45) is 4.38. The maximum Gasteiger partial charge on any atom is 0.270 e. The van der Waals surface area contributed by atoms with Gasteiger partial charge in [-0.25, -0.2) is 0 Å². The zero-order valence-corrected chi connectivity index (χ0v) is 14.9. The van der Waals surface area contributed by atoms with Crippen LogP contribution in [0.2, 0.25) is 0 Å². The fourth-order valence-corrected chi connectivity index (χ4v) is 3.05. The predicted octanol–water partition coefficient (Wildman–Crippen LogP) is 1.41. The van der Waals surface area contributed by atoms with Crippen LogP contribution in [0.3, 0.4) is 0 Å². The van der Waals surface area contributed by atoms with Gasteiger partial charge in [0.05, 0.1) is 13.2 Å². The number of carbonyl (C=O) groups excluding carboxylic acids is 1. The number of hydrogen-bond donors (Lipinski definition) is 2. The van der Waals surface area contributed by atoms with Gasteiger partial charge < -0.3 is 15.2 Å². The Morgan fingerprint density at radius 3 is 2.77 bits per heavy atom. The Morgan fingerprint density at radius 1 is 1.35 bits per heavy atom. The van der Waals surface area contributed by atoms with E-state index in [0.717, 1.165) is 18.4 Å². The number of tetrazole rings is 1. The predicted molar refractivity (Wildman–Crippen MR) is 96.1 cm³/mol. The smallest absolute Gasteiger partial charge is 0.270 e. The van der Waals surface area contributed by atoms with Crippen molar-refractivity contribution < 1.29 is 14.6 Å². The lowest BCUT2D eigenvalue weighted by Crippen LogP contribution is -2.39. The molecule has 0 unspecified atom stereocenters. The van der Waals surface area contributed by atoms with Gasteiger partial charge in [-0.1, -0.05) is 12.1 Å². The molecule has 8 nitrogen and oxygen atoms in total. The number of amides is 1. The van der Waals surface area contributed by atoms with Crippen molar-refractivity contribution in [1.82, 2.24) is 25.5 Å². The molecule has 1 aromatic carbocycles. The van der Waals surface area contributed by atoms with E-state index in [0.29, 0.717) is 30.1 Å². The maximum atomic E-state index is 12.9. The lowest BCUT2D eigenvalue weighted by molar-refractivity contribution is -0.117. The quantitative estimate of drug-likeness (QED) is 0.785. The van der Waals surface area contributed by atoms with Crippen LogP contribution >= 0.6 is 0 Å². The molecule has 0 bridgehead atoms. The number of aliphatic hydroxyl groups excluding tert-OH is 1. The van der Waals surface area contributed by atoms with E-state index in [1.54, 1.807) is 20.1 Å². The van der Waals surface area contributed by atoms with Crippen LogP contribution in [0.15, 0.2) is 24.3 Å². The molecule has 0 atom stereocenters. The minimum absolute atomic E-state index is 0.0383. The summed E-state index contributed by atoms with van der Waals surface area (Å²) in [5, 5.41) is 24.1. The highest BCUT2D eigenvalue weighted by Crippen LogP contribution is 2.21. The first-order valence-electron chi connectivity index (χ1n) is 8.67. The molecular weight excluding hydrogens is 334 g/mol. The monoisotopic (exact) mass is 357 g/mol. The van der Waals surface area contributed by atoms with Crippen molar-refractivity contribution in [3.05, 3.63) is 35.7 Å². The highest BCUT2D eigenvalue weighted by Gasteiger charge is 2.24. The average molecular weight is 357 g/mol.